The van der Waals surface area contributed by atoms with Crippen molar-refractivity contribution in [1.29, 1.82) is 0 Å². The van der Waals surface area contributed by atoms with Crippen LogP contribution in [0.25, 0.3) is 21.3 Å². The molecule has 0 saturated heterocycles. The highest BCUT2D eigenvalue weighted by atomic mass is 79.9. The normalized spacial score (nSPS) is 10.9. The van der Waals surface area contributed by atoms with Crippen molar-refractivity contribution in [2.75, 3.05) is 18.5 Å². The molecule has 0 aliphatic heterocycles. The first-order valence-electron chi connectivity index (χ1n) is 9.64. The molecule has 3 aromatic heterocycles. The Balaban J connectivity index is 1.50. The van der Waals surface area contributed by atoms with Gasteiger partial charge in [-0.1, -0.05) is 33.2 Å². The molecule has 0 aliphatic rings. The predicted octanol–water partition coefficient (Wildman–Crippen LogP) is 5.08. The van der Waals surface area contributed by atoms with Crippen LogP contribution in [-0.2, 0) is 6.42 Å². The second kappa shape index (κ2) is 9.44. The molecule has 10 heteroatoms. The van der Waals surface area contributed by atoms with E-state index in [1.807, 2.05) is 19.1 Å². The van der Waals surface area contributed by atoms with Gasteiger partial charge in [-0.15, -0.1) is 11.3 Å². The summed E-state index contributed by atoms with van der Waals surface area (Å²) < 4.78 is 11.5. The summed E-state index contributed by atoms with van der Waals surface area (Å²) in [6.45, 7) is 5.21. The number of halogens is 1. The molecule has 0 spiro atoms. The van der Waals surface area contributed by atoms with Crippen LogP contribution in [0.2, 0.25) is 0 Å². The monoisotopic (exact) mass is 501 g/mol. The van der Waals surface area contributed by atoms with Crippen LogP contribution in [-0.4, -0.2) is 38.4 Å². The molecule has 31 heavy (non-hydrogen) atoms. The summed E-state index contributed by atoms with van der Waals surface area (Å²) >= 11 is 4.94. The Kier molecular flexibility index (Phi) is 6.47. The van der Waals surface area contributed by atoms with Crippen LogP contribution in [0.4, 0.5) is 5.82 Å². The van der Waals surface area contributed by atoms with E-state index < -0.39 is 6.08 Å². The number of nitrogens with one attached hydrogen (secondary N) is 1. The fraction of sp³-hybridized carbons (Fsp3) is 0.238. The van der Waals surface area contributed by atoms with Gasteiger partial charge in [0.25, 0.3) is 0 Å². The Morgan fingerprint density at radius 2 is 2.10 bits per heavy atom. The van der Waals surface area contributed by atoms with Crippen molar-refractivity contribution in [3.05, 3.63) is 52.3 Å². The van der Waals surface area contributed by atoms with Gasteiger partial charge in [-0.3, -0.25) is 4.52 Å². The second-order valence-electron chi connectivity index (χ2n) is 6.69. The molecule has 0 bridgehead atoms. The van der Waals surface area contributed by atoms with Gasteiger partial charge < -0.3 is 15.2 Å². The fourth-order valence-electron chi connectivity index (χ4n) is 3.01. The number of rotatable bonds is 8. The lowest BCUT2D eigenvalue weighted by atomic mass is 10.1. The van der Waals surface area contributed by atoms with Gasteiger partial charge in [-0.25, -0.2) is 9.97 Å². The van der Waals surface area contributed by atoms with Gasteiger partial charge in [0.2, 0.25) is 5.82 Å². The third kappa shape index (κ3) is 5.02. The molecule has 0 radical (unpaired) electrons. The topological polar surface area (TPSA) is 106 Å². The number of aryl methyl sites for hydroxylation is 1. The molecule has 0 saturated carbocycles. The molecule has 160 valence electrons. The molecule has 4 rings (SSSR count). The molecule has 1 aromatic carbocycles. The number of aromatic hydroxyl groups is 1. The zero-order chi connectivity index (χ0) is 21.8. The maximum Gasteiger partial charge on any atom is 0.415 e. The van der Waals surface area contributed by atoms with E-state index in [0.717, 1.165) is 33.8 Å². The maximum absolute atomic E-state index is 9.38. The molecule has 3 heterocycles. The summed E-state index contributed by atoms with van der Waals surface area (Å²) in [4.78, 5) is 14.1. The number of anilines is 1. The largest absolute Gasteiger partial charge is 0.492 e. The third-order valence-corrected chi connectivity index (χ3v) is 6.50. The van der Waals surface area contributed by atoms with Crippen LogP contribution in [0, 0.1) is 6.92 Å². The van der Waals surface area contributed by atoms with Crippen molar-refractivity contribution in [3.8, 4) is 33.1 Å². The zero-order valence-electron chi connectivity index (χ0n) is 16.9. The smallest absolute Gasteiger partial charge is 0.415 e. The highest BCUT2D eigenvalue weighted by Crippen LogP contribution is 2.41. The Hall–Kier alpha value is -2.98. The van der Waals surface area contributed by atoms with Crippen molar-refractivity contribution >= 4 is 33.1 Å². The van der Waals surface area contributed by atoms with Gasteiger partial charge in [-0.05, 0) is 37.5 Å². The van der Waals surface area contributed by atoms with Crippen LogP contribution in [0.15, 0.2) is 45.7 Å². The van der Waals surface area contributed by atoms with E-state index in [2.05, 4.69) is 71.0 Å². The second-order valence-corrected chi connectivity index (χ2v) is 8.59. The number of thiophene rings is 1. The van der Waals surface area contributed by atoms with Crippen molar-refractivity contribution in [2.45, 2.75) is 20.3 Å². The lowest BCUT2D eigenvalue weighted by molar-refractivity contribution is 0.267. The van der Waals surface area contributed by atoms with Crippen molar-refractivity contribution < 1.29 is 14.4 Å². The van der Waals surface area contributed by atoms with E-state index >= 15 is 0 Å². The van der Waals surface area contributed by atoms with E-state index in [1.54, 1.807) is 0 Å². The van der Waals surface area contributed by atoms with E-state index in [1.165, 1.54) is 28.8 Å². The van der Waals surface area contributed by atoms with Crippen molar-refractivity contribution in [2.24, 2.45) is 0 Å². The van der Waals surface area contributed by atoms with Gasteiger partial charge >= 0.3 is 6.08 Å². The Morgan fingerprint density at radius 3 is 2.84 bits per heavy atom. The lowest BCUT2D eigenvalue weighted by Gasteiger charge is -2.08. The first-order chi connectivity index (χ1) is 15.0. The Labute approximate surface area is 191 Å². The molecule has 0 fully saturated rings. The summed E-state index contributed by atoms with van der Waals surface area (Å²) in [5, 5.41) is 16.5. The molecule has 0 amide bonds. The Bertz CT molecular complexity index is 1190. The van der Waals surface area contributed by atoms with Gasteiger partial charge in [-0.2, -0.15) is 4.98 Å². The molecule has 0 unspecified atom stereocenters. The molecule has 2 N–H and O–H groups in total. The summed E-state index contributed by atoms with van der Waals surface area (Å²) in [7, 11) is 0. The highest BCUT2D eigenvalue weighted by molar-refractivity contribution is 9.10. The molecule has 4 aromatic rings. The van der Waals surface area contributed by atoms with Crippen molar-refractivity contribution in [1.82, 2.24) is 20.1 Å². The maximum atomic E-state index is 9.38. The summed E-state index contributed by atoms with van der Waals surface area (Å²) in [5.41, 5.74) is 3.23. The Morgan fingerprint density at radius 1 is 1.23 bits per heavy atom. The standard InChI is InChI=1S/C21H20BrN5O3S/c1-3-29-16-10-17(31-19(16)20-26-21(28)30-27-20)15-9-18(25-11-24-15)23-7-6-13-4-5-14(22)12(2)8-13/h4-5,8-11H,3,6-7H2,1-2H3,(H,23,24,25)(H,26,27,28). The minimum atomic E-state index is -0.484. The minimum absolute atomic E-state index is 0.273. The average Bonchev–Trinajstić information content (AvgIpc) is 3.37. The number of benzene rings is 1. The van der Waals surface area contributed by atoms with E-state index in [9.17, 15) is 5.11 Å². The first-order valence-corrected chi connectivity index (χ1v) is 11.3. The quantitative estimate of drug-likeness (QED) is 0.344. The lowest BCUT2D eigenvalue weighted by Crippen LogP contribution is -2.06. The van der Waals surface area contributed by atoms with E-state index in [-0.39, 0.29) is 5.82 Å². The summed E-state index contributed by atoms with van der Waals surface area (Å²) in [6.07, 6.45) is 1.93. The SMILES string of the molecule is CCOc1cc(-c2cc(NCCc3ccc(Br)c(C)c3)ncn2)sc1-c1noc(O)n1. The van der Waals surface area contributed by atoms with Gasteiger partial charge in [0.15, 0.2) is 0 Å². The van der Waals surface area contributed by atoms with Crippen molar-refractivity contribution in [3.63, 3.8) is 0 Å². The molecular formula is C21H20BrN5O3S. The van der Waals surface area contributed by atoms with Gasteiger partial charge in [0.1, 0.15) is 22.8 Å². The molecule has 0 aliphatic carbocycles. The highest BCUT2D eigenvalue weighted by Gasteiger charge is 2.19. The first kappa shape index (κ1) is 21.3. The average molecular weight is 502 g/mol. The number of aromatic nitrogens is 4. The molecular weight excluding hydrogens is 482 g/mol. The van der Waals surface area contributed by atoms with Crippen LogP contribution in [0.3, 0.4) is 0 Å². The van der Waals surface area contributed by atoms with E-state index in [4.69, 9.17) is 4.74 Å². The predicted molar refractivity (Wildman–Crippen MR) is 123 cm³/mol. The fourth-order valence-corrected chi connectivity index (χ4v) is 4.25. The number of nitrogens with zero attached hydrogens (tertiary/aromatic N) is 4. The van der Waals surface area contributed by atoms with Crippen LogP contribution in [0.1, 0.15) is 18.1 Å². The number of hydrogen-bond donors (Lipinski definition) is 2. The number of hydrogen-bond acceptors (Lipinski definition) is 9. The van der Waals surface area contributed by atoms with Gasteiger partial charge in [0, 0.05) is 23.2 Å². The third-order valence-electron chi connectivity index (χ3n) is 4.48. The van der Waals surface area contributed by atoms with Crippen LogP contribution < -0.4 is 10.1 Å². The van der Waals surface area contributed by atoms with Crippen LogP contribution in [0.5, 0.6) is 11.8 Å². The number of ether oxygens (including phenoxy) is 1. The summed E-state index contributed by atoms with van der Waals surface area (Å²) in [5.74, 6) is 1.63. The molecule has 8 nitrogen and oxygen atoms in total. The minimum Gasteiger partial charge on any atom is -0.492 e. The molecule has 0 atom stereocenters. The van der Waals surface area contributed by atoms with Crippen LogP contribution >= 0.6 is 27.3 Å². The summed E-state index contributed by atoms with van der Waals surface area (Å²) in [6, 6.07) is 10.1. The van der Waals surface area contributed by atoms with E-state index in [0.29, 0.717) is 17.2 Å². The van der Waals surface area contributed by atoms with Gasteiger partial charge in [0.05, 0.1) is 17.2 Å². The zero-order valence-corrected chi connectivity index (χ0v) is 19.3.